The molecule has 0 fully saturated rings. The minimum atomic E-state index is 0.0977. The van der Waals surface area contributed by atoms with Crippen LogP contribution in [0.1, 0.15) is 30.9 Å². The second-order valence-corrected chi connectivity index (χ2v) is 6.06. The summed E-state index contributed by atoms with van der Waals surface area (Å²) in [4.78, 5) is 12.0. The molecule has 0 aliphatic rings. The van der Waals surface area contributed by atoms with Crippen molar-refractivity contribution in [3.63, 3.8) is 0 Å². The van der Waals surface area contributed by atoms with Gasteiger partial charge in [0.05, 0.1) is 0 Å². The molecule has 0 bridgehead atoms. The Hall–Kier alpha value is -1.80. The van der Waals surface area contributed by atoms with E-state index in [1.54, 1.807) is 0 Å². The van der Waals surface area contributed by atoms with Gasteiger partial charge in [-0.1, -0.05) is 54.1 Å². The summed E-state index contributed by atoms with van der Waals surface area (Å²) in [5.74, 6) is 0.0977. The molecule has 0 aromatic heterocycles. The third kappa shape index (κ3) is 5.90. The lowest BCUT2D eigenvalue weighted by atomic mass is 10.1. The maximum absolute atomic E-state index is 12.0. The number of hydrogen-bond donors (Lipinski definition) is 1. The predicted octanol–water partition coefficient (Wildman–Crippen LogP) is 4.41. The van der Waals surface area contributed by atoms with Crippen LogP contribution in [-0.4, -0.2) is 11.9 Å². The minimum Gasteiger partial charge on any atom is -0.354 e. The number of nitrogens with one attached hydrogen (secondary N) is 1. The van der Waals surface area contributed by atoms with Crippen molar-refractivity contribution in [2.24, 2.45) is 0 Å². The molecule has 3 heteroatoms. The van der Waals surface area contributed by atoms with E-state index in [1.165, 1.54) is 5.56 Å². The Labute approximate surface area is 137 Å². The first-order chi connectivity index (χ1) is 10.6. The minimum absolute atomic E-state index is 0.0977. The zero-order valence-electron chi connectivity index (χ0n) is 12.9. The summed E-state index contributed by atoms with van der Waals surface area (Å²) in [5.41, 5.74) is 2.40. The van der Waals surface area contributed by atoms with Gasteiger partial charge in [-0.2, -0.15) is 0 Å². The molecule has 0 spiro atoms. The van der Waals surface area contributed by atoms with Gasteiger partial charge in [0.25, 0.3) is 0 Å². The molecule has 2 aromatic carbocycles. The summed E-state index contributed by atoms with van der Waals surface area (Å²) in [6.07, 6.45) is 3.15. The summed E-state index contributed by atoms with van der Waals surface area (Å²) >= 11 is 5.94. The molecule has 0 aliphatic carbocycles. The van der Waals surface area contributed by atoms with E-state index < -0.39 is 0 Å². The lowest BCUT2D eigenvalue weighted by molar-refractivity contribution is -0.121. The molecule has 2 nitrogen and oxygen atoms in total. The molecule has 0 aliphatic heterocycles. The Balaban J connectivity index is 1.70. The Morgan fingerprint density at radius 2 is 1.77 bits per heavy atom. The fraction of sp³-hybridized carbons (Fsp3) is 0.316. The lowest BCUT2D eigenvalue weighted by Gasteiger charge is -2.14. The van der Waals surface area contributed by atoms with Crippen molar-refractivity contribution in [1.29, 1.82) is 0 Å². The van der Waals surface area contributed by atoms with Crippen molar-refractivity contribution in [3.8, 4) is 0 Å². The highest BCUT2D eigenvalue weighted by molar-refractivity contribution is 6.30. The van der Waals surface area contributed by atoms with Crippen molar-refractivity contribution in [2.75, 3.05) is 0 Å². The van der Waals surface area contributed by atoms with Crippen LogP contribution >= 0.6 is 11.6 Å². The number of rotatable bonds is 7. The van der Waals surface area contributed by atoms with Crippen LogP contribution in [0.25, 0.3) is 0 Å². The predicted molar refractivity (Wildman–Crippen MR) is 92.1 cm³/mol. The van der Waals surface area contributed by atoms with Crippen LogP contribution in [0.3, 0.4) is 0 Å². The quantitative estimate of drug-likeness (QED) is 0.805. The molecule has 0 radical (unpaired) electrons. The summed E-state index contributed by atoms with van der Waals surface area (Å²) in [6.45, 7) is 2.06. The number of hydrogen-bond acceptors (Lipinski definition) is 1. The molecule has 22 heavy (non-hydrogen) atoms. The van der Waals surface area contributed by atoms with Gasteiger partial charge in [-0.25, -0.2) is 0 Å². The van der Waals surface area contributed by atoms with Gasteiger partial charge in [-0.15, -0.1) is 0 Å². The molecule has 1 atom stereocenters. The normalized spacial score (nSPS) is 11.9. The van der Waals surface area contributed by atoms with E-state index in [2.05, 4.69) is 24.4 Å². The zero-order chi connectivity index (χ0) is 15.8. The van der Waals surface area contributed by atoms with Crippen LogP contribution in [0.4, 0.5) is 0 Å². The first kappa shape index (κ1) is 16.6. The molecule has 2 rings (SSSR count). The molecule has 0 heterocycles. The fourth-order valence-electron chi connectivity index (χ4n) is 2.40. The van der Waals surface area contributed by atoms with E-state index >= 15 is 0 Å². The molecule has 2 aromatic rings. The van der Waals surface area contributed by atoms with Crippen LogP contribution in [0.5, 0.6) is 0 Å². The van der Waals surface area contributed by atoms with Crippen LogP contribution < -0.4 is 5.32 Å². The van der Waals surface area contributed by atoms with E-state index in [0.717, 1.165) is 24.8 Å². The smallest absolute Gasteiger partial charge is 0.220 e. The van der Waals surface area contributed by atoms with E-state index in [1.807, 2.05) is 42.5 Å². The van der Waals surface area contributed by atoms with Gasteiger partial charge in [0, 0.05) is 17.5 Å². The molecule has 1 N–H and O–H groups in total. The van der Waals surface area contributed by atoms with Gasteiger partial charge >= 0.3 is 0 Å². The van der Waals surface area contributed by atoms with Gasteiger partial charge in [0.15, 0.2) is 0 Å². The number of carbonyl (C=O) groups is 1. The van der Waals surface area contributed by atoms with E-state index in [9.17, 15) is 4.79 Å². The van der Waals surface area contributed by atoms with Crippen molar-refractivity contribution < 1.29 is 4.79 Å². The van der Waals surface area contributed by atoms with Crippen molar-refractivity contribution in [2.45, 2.75) is 38.6 Å². The van der Waals surface area contributed by atoms with Crippen molar-refractivity contribution >= 4 is 17.5 Å². The number of aryl methyl sites for hydroxylation is 2. The number of carbonyl (C=O) groups excluding carboxylic acids is 1. The summed E-state index contributed by atoms with van der Waals surface area (Å²) in [7, 11) is 0. The van der Waals surface area contributed by atoms with Crippen LogP contribution in [0, 0.1) is 0 Å². The maximum atomic E-state index is 12.0. The van der Waals surface area contributed by atoms with E-state index in [-0.39, 0.29) is 11.9 Å². The van der Waals surface area contributed by atoms with Gasteiger partial charge in [-0.3, -0.25) is 4.79 Å². The highest BCUT2D eigenvalue weighted by Crippen LogP contribution is 2.12. The monoisotopic (exact) mass is 315 g/mol. The van der Waals surface area contributed by atoms with Crippen molar-refractivity contribution in [3.05, 3.63) is 70.7 Å². The Morgan fingerprint density at radius 1 is 1.05 bits per heavy atom. The SMILES string of the molecule is CC(CCc1ccccc1)NC(=O)CCc1cccc(Cl)c1. The van der Waals surface area contributed by atoms with Gasteiger partial charge in [0.1, 0.15) is 0 Å². The molecule has 116 valence electrons. The molecule has 0 saturated carbocycles. The average Bonchev–Trinajstić information content (AvgIpc) is 2.52. The standard InChI is InChI=1S/C19H22ClNO/c1-15(10-11-16-6-3-2-4-7-16)21-19(22)13-12-17-8-5-9-18(20)14-17/h2-9,14-15H,10-13H2,1H3,(H,21,22). The largest absolute Gasteiger partial charge is 0.354 e. The molecule has 0 saturated heterocycles. The average molecular weight is 316 g/mol. The van der Waals surface area contributed by atoms with E-state index in [4.69, 9.17) is 11.6 Å². The molecule has 1 amide bonds. The van der Waals surface area contributed by atoms with Gasteiger partial charge in [-0.05, 0) is 49.4 Å². The van der Waals surface area contributed by atoms with Crippen molar-refractivity contribution in [1.82, 2.24) is 5.32 Å². The lowest BCUT2D eigenvalue weighted by Crippen LogP contribution is -2.33. The number of halogens is 1. The van der Waals surface area contributed by atoms with Gasteiger partial charge in [0.2, 0.25) is 5.91 Å². The Bertz CT molecular complexity index is 597. The topological polar surface area (TPSA) is 29.1 Å². The highest BCUT2D eigenvalue weighted by atomic mass is 35.5. The number of benzene rings is 2. The Morgan fingerprint density at radius 3 is 2.50 bits per heavy atom. The second-order valence-electron chi connectivity index (χ2n) is 5.62. The summed E-state index contributed by atoms with van der Waals surface area (Å²) in [6, 6.07) is 18.2. The van der Waals surface area contributed by atoms with Gasteiger partial charge < -0.3 is 5.32 Å². The first-order valence-corrected chi connectivity index (χ1v) is 8.09. The fourth-order valence-corrected chi connectivity index (χ4v) is 2.61. The third-order valence-corrected chi connectivity index (χ3v) is 3.88. The third-order valence-electron chi connectivity index (χ3n) is 3.65. The van der Waals surface area contributed by atoms with Crippen LogP contribution in [0.15, 0.2) is 54.6 Å². The highest BCUT2D eigenvalue weighted by Gasteiger charge is 2.08. The van der Waals surface area contributed by atoms with Crippen LogP contribution in [0.2, 0.25) is 5.02 Å². The molecular weight excluding hydrogens is 294 g/mol. The maximum Gasteiger partial charge on any atom is 0.220 e. The molecule has 1 unspecified atom stereocenters. The summed E-state index contributed by atoms with van der Waals surface area (Å²) in [5, 5.41) is 3.78. The number of amides is 1. The summed E-state index contributed by atoms with van der Waals surface area (Å²) < 4.78 is 0. The molecular formula is C19H22ClNO. The Kier molecular flexibility index (Phi) is 6.47. The second kappa shape index (κ2) is 8.60. The van der Waals surface area contributed by atoms with E-state index in [0.29, 0.717) is 11.4 Å². The first-order valence-electron chi connectivity index (χ1n) is 7.71. The zero-order valence-corrected chi connectivity index (χ0v) is 13.6. The van der Waals surface area contributed by atoms with Crippen LogP contribution in [-0.2, 0) is 17.6 Å².